The zero-order chi connectivity index (χ0) is 19.3. The molecule has 1 unspecified atom stereocenters. The van der Waals surface area contributed by atoms with Gasteiger partial charge in [0.25, 0.3) is 0 Å². The minimum absolute atomic E-state index is 0.0125. The Morgan fingerprint density at radius 3 is 2.28 bits per heavy atom. The highest BCUT2D eigenvalue weighted by Gasteiger charge is 2.40. The summed E-state index contributed by atoms with van der Waals surface area (Å²) in [5, 5.41) is 9.47. The highest BCUT2D eigenvalue weighted by Crippen LogP contribution is 2.30. The van der Waals surface area contributed by atoms with Gasteiger partial charge in [0.05, 0.1) is 25.2 Å². The van der Waals surface area contributed by atoms with Crippen LogP contribution in [0.15, 0.2) is 29.2 Å². The van der Waals surface area contributed by atoms with Crippen molar-refractivity contribution in [1.29, 1.82) is 0 Å². The number of hydrogen-bond acceptors (Lipinski definition) is 7. The van der Waals surface area contributed by atoms with Crippen LogP contribution in [0.2, 0.25) is 0 Å². The van der Waals surface area contributed by atoms with E-state index in [2.05, 4.69) is 4.72 Å². The third kappa shape index (κ3) is 6.18. The molecule has 0 spiro atoms. The number of methoxy groups -OCH3 is 2. The van der Waals surface area contributed by atoms with Crippen LogP contribution in [-0.4, -0.2) is 56.4 Å². The summed E-state index contributed by atoms with van der Waals surface area (Å²) in [5.41, 5.74) is 0. The van der Waals surface area contributed by atoms with E-state index in [0.717, 1.165) is 0 Å². The maximum absolute atomic E-state index is 12.6. The minimum atomic E-state index is -3.94. The lowest BCUT2D eigenvalue weighted by molar-refractivity contribution is -0.143. The molecule has 2 N–H and O–H groups in total. The Bertz CT molecular complexity index is 670. The van der Waals surface area contributed by atoms with Crippen LogP contribution < -0.4 is 9.46 Å². The molecule has 1 aromatic carbocycles. The number of benzene rings is 1. The summed E-state index contributed by atoms with van der Waals surface area (Å²) >= 11 is 1.28. The van der Waals surface area contributed by atoms with Gasteiger partial charge in [-0.3, -0.25) is 4.79 Å². The lowest BCUT2D eigenvalue weighted by atomic mass is 10.0. The van der Waals surface area contributed by atoms with Crippen LogP contribution in [0.1, 0.15) is 20.8 Å². The van der Waals surface area contributed by atoms with Crippen molar-refractivity contribution in [2.45, 2.75) is 42.6 Å². The smallest absolute Gasteiger partial charge is 0.325 e. The van der Waals surface area contributed by atoms with Gasteiger partial charge in [0, 0.05) is 10.5 Å². The summed E-state index contributed by atoms with van der Waals surface area (Å²) in [5.74, 6) is 0.182. The quantitative estimate of drug-likeness (QED) is 0.614. The Kier molecular flexibility index (Phi) is 7.73. The van der Waals surface area contributed by atoms with E-state index in [1.54, 1.807) is 20.8 Å². The monoisotopic (exact) mass is 391 g/mol. The number of sulfonamides is 1. The van der Waals surface area contributed by atoms with E-state index in [1.165, 1.54) is 50.2 Å². The lowest BCUT2D eigenvalue weighted by Crippen LogP contribution is -2.53. The summed E-state index contributed by atoms with van der Waals surface area (Å²) in [6.45, 7) is 5.06. The van der Waals surface area contributed by atoms with Crippen molar-refractivity contribution in [3.8, 4) is 5.75 Å². The second kappa shape index (κ2) is 8.88. The molecule has 142 valence electrons. The number of hydrogen-bond donors (Lipinski definition) is 2. The van der Waals surface area contributed by atoms with Gasteiger partial charge in [-0.2, -0.15) is 16.5 Å². The average Bonchev–Trinajstić information content (AvgIpc) is 2.57. The van der Waals surface area contributed by atoms with E-state index in [0.29, 0.717) is 11.5 Å². The van der Waals surface area contributed by atoms with Crippen LogP contribution in [0.5, 0.6) is 5.75 Å². The van der Waals surface area contributed by atoms with Gasteiger partial charge in [-0.15, -0.1) is 0 Å². The third-order valence-corrected chi connectivity index (χ3v) is 6.54. The highest BCUT2D eigenvalue weighted by molar-refractivity contribution is 8.00. The fourth-order valence-electron chi connectivity index (χ4n) is 1.99. The van der Waals surface area contributed by atoms with E-state index in [1.807, 2.05) is 0 Å². The lowest BCUT2D eigenvalue weighted by Gasteiger charge is -2.32. The molecule has 0 saturated carbocycles. The fourth-order valence-corrected chi connectivity index (χ4v) is 4.39. The normalized spacial score (nSPS) is 14.6. The maximum Gasteiger partial charge on any atom is 0.325 e. The minimum Gasteiger partial charge on any atom is -0.497 e. The Morgan fingerprint density at radius 2 is 1.84 bits per heavy atom. The molecule has 7 nitrogen and oxygen atoms in total. The number of rotatable bonds is 9. The molecule has 0 radical (unpaired) electrons. The summed E-state index contributed by atoms with van der Waals surface area (Å²) in [4.78, 5) is 12.2. The molecule has 0 aliphatic carbocycles. The van der Waals surface area contributed by atoms with Crippen LogP contribution in [0.3, 0.4) is 0 Å². The molecule has 0 aromatic heterocycles. The first kappa shape index (κ1) is 21.8. The van der Waals surface area contributed by atoms with Gasteiger partial charge in [-0.1, -0.05) is 0 Å². The number of carbonyl (C=O) groups is 1. The largest absolute Gasteiger partial charge is 0.497 e. The third-order valence-electron chi connectivity index (χ3n) is 3.47. The van der Waals surface area contributed by atoms with Crippen molar-refractivity contribution in [3.63, 3.8) is 0 Å². The highest BCUT2D eigenvalue weighted by atomic mass is 32.2. The Balaban J connectivity index is 3.09. The number of ether oxygens (including phenoxy) is 2. The van der Waals surface area contributed by atoms with Gasteiger partial charge >= 0.3 is 5.97 Å². The van der Waals surface area contributed by atoms with Gasteiger partial charge < -0.3 is 14.6 Å². The predicted molar refractivity (Wildman–Crippen MR) is 97.3 cm³/mol. The summed E-state index contributed by atoms with van der Waals surface area (Å²) in [6, 6.07) is 4.72. The van der Waals surface area contributed by atoms with Gasteiger partial charge in [-0.25, -0.2) is 8.42 Å². The van der Waals surface area contributed by atoms with Crippen molar-refractivity contribution in [1.82, 2.24) is 4.72 Å². The van der Waals surface area contributed by atoms with Crippen LogP contribution in [0.25, 0.3) is 0 Å². The first-order valence-corrected chi connectivity index (χ1v) is 10.1. The number of carbonyl (C=O) groups excluding carboxylic acids is 1. The molecule has 25 heavy (non-hydrogen) atoms. The SMILES string of the molecule is COC(=O)[C@H](NS(=O)(=O)c1ccc(OC)cc1)C(C)(C)SCC(C)O. The van der Waals surface area contributed by atoms with Crippen molar-refractivity contribution in [3.05, 3.63) is 24.3 Å². The van der Waals surface area contributed by atoms with E-state index >= 15 is 0 Å². The van der Waals surface area contributed by atoms with E-state index in [9.17, 15) is 18.3 Å². The molecule has 0 aliphatic rings. The van der Waals surface area contributed by atoms with Gasteiger partial charge in [0.15, 0.2) is 0 Å². The van der Waals surface area contributed by atoms with Gasteiger partial charge in [0.1, 0.15) is 11.8 Å². The number of aliphatic hydroxyl groups excluding tert-OH is 1. The standard InChI is InChI=1S/C16H25NO6S2/c1-11(18)10-24-16(2,3)14(15(19)23-5)17-25(20,21)13-8-6-12(22-4)7-9-13/h6-9,11,14,17-18H,10H2,1-5H3/t11?,14-/m0/s1. The molecule has 0 bridgehead atoms. The van der Waals surface area contributed by atoms with Crippen LogP contribution >= 0.6 is 11.8 Å². The first-order chi connectivity index (χ1) is 11.5. The Hall–Kier alpha value is -1.29. The van der Waals surface area contributed by atoms with Gasteiger partial charge in [-0.05, 0) is 45.0 Å². The number of thioether (sulfide) groups is 1. The predicted octanol–water partition coefficient (Wildman–Crippen LogP) is 1.41. The molecule has 0 saturated heterocycles. The van der Waals surface area contributed by atoms with E-state index in [-0.39, 0.29) is 4.90 Å². The van der Waals surface area contributed by atoms with Gasteiger partial charge in [0.2, 0.25) is 10.0 Å². The molecule has 2 atom stereocenters. The van der Waals surface area contributed by atoms with Crippen LogP contribution in [0.4, 0.5) is 0 Å². The van der Waals surface area contributed by atoms with Crippen molar-refractivity contribution >= 4 is 27.8 Å². The van der Waals surface area contributed by atoms with E-state index in [4.69, 9.17) is 9.47 Å². The molecule has 0 fully saturated rings. The molecule has 1 aromatic rings. The zero-order valence-electron chi connectivity index (χ0n) is 15.0. The summed E-state index contributed by atoms with van der Waals surface area (Å²) in [7, 11) is -1.26. The molecule has 0 heterocycles. The maximum atomic E-state index is 12.6. The molecular formula is C16H25NO6S2. The van der Waals surface area contributed by atoms with Crippen LogP contribution in [0, 0.1) is 0 Å². The molecule has 1 rings (SSSR count). The van der Waals surface area contributed by atoms with Crippen molar-refractivity contribution in [2.24, 2.45) is 0 Å². The van der Waals surface area contributed by atoms with E-state index < -0.39 is 32.9 Å². The topological polar surface area (TPSA) is 102 Å². The Labute approximate surface area is 153 Å². The second-order valence-electron chi connectivity index (χ2n) is 6.02. The summed E-state index contributed by atoms with van der Waals surface area (Å²) in [6.07, 6.45) is -0.583. The Morgan fingerprint density at radius 1 is 1.28 bits per heavy atom. The zero-order valence-corrected chi connectivity index (χ0v) is 16.6. The van der Waals surface area contributed by atoms with Crippen molar-refractivity contribution in [2.75, 3.05) is 20.0 Å². The number of nitrogens with one attached hydrogen (secondary N) is 1. The molecule has 0 aliphatic heterocycles. The molecule has 0 amide bonds. The second-order valence-corrected chi connectivity index (χ2v) is 9.40. The fraction of sp³-hybridized carbons (Fsp3) is 0.562. The summed E-state index contributed by atoms with van der Waals surface area (Å²) < 4.78 is 36.6. The molecular weight excluding hydrogens is 366 g/mol. The van der Waals surface area contributed by atoms with Crippen molar-refractivity contribution < 1.29 is 27.8 Å². The first-order valence-electron chi connectivity index (χ1n) is 7.59. The number of aliphatic hydroxyl groups is 1. The molecule has 9 heteroatoms. The number of esters is 1. The average molecular weight is 392 g/mol. The van der Waals surface area contributed by atoms with Crippen LogP contribution in [-0.2, 0) is 19.6 Å².